The Morgan fingerprint density at radius 2 is 1.89 bits per heavy atom. The van der Waals surface area contributed by atoms with Crippen molar-refractivity contribution in [3.8, 4) is 0 Å². The van der Waals surface area contributed by atoms with Crippen molar-refractivity contribution < 1.29 is 19.0 Å². The molecule has 1 atom stereocenters. The minimum atomic E-state index is -0.655. The lowest BCUT2D eigenvalue weighted by Crippen LogP contribution is -2.37. The molecule has 0 radical (unpaired) electrons. The molecule has 1 aromatic carbocycles. The zero-order valence-electron chi connectivity index (χ0n) is 10.1. The van der Waals surface area contributed by atoms with Crippen molar-refractivity contribution in [2.75, 3.05) is 24.6 Å². The summed E-state index contributed by atoms with van der Waals surface area (Å²) in [5.41, 5.74) is 0.176. The summed E-state index contributed by atoms with van der Waals surface area (Å²) < 4.78 is 27.7. The van der Waals surface area contributed by atoms with E-state index in [4.69, 9.17) is 10.2 Å². The predicted octanol–water partition coefficient (Wildman–Crippen LogP) is 1.67. The maximum Gasteiger partial charge on any atom is 0.149 e. The Bertz CT molecular complexity index is 402. The highest BCUT2D eigenvalue weighted by atomic mass is 19.1. The highest BCUT2D eigenvalue weighted by molar-refractivity contribution is 5.51. The topological polar surface area (TPSA) is 43.7 Å². The van der Waals surface area contributed by atoms with E-state index >= 15 is 0 Å². The largest absolute Gasteiger partial charge is 0.396 e. The van der Waals surface area contributed by atoms with Crippen LogP contribution in [0.2, 0.25) is 0 Å². The van der Waals surface area contributed by atoms with E-state index in [1.54, 1.807) is 4.90 Å². The number of rotatable bonds is 3. The fraction of sp³-hybridized carbons (Fsp3) is 0.538. The fourth-order valence-corrected chi connectivity index (χ4v) is 2.43. The van der Waals surface area contributed by atoms with E-state index in [0.717, 1.165) is 25.0 Å². The molecule has 1 aliphatic rings. The molecule has 0 amide bonds. The fourth-order valence-electron chi connectivity index (χ4n) is 2.43. The third kappa shape index (κ3) is 2.62. The number of halogens is 2. The summed E-state index contributed by atoms with van der Waals surface area (Å²) in [6.07, 6.45) is 1.69. The Balaban J connectivity index is 2.27. The van der Waals surface area contributed by atoms with E-state index in [2.05, 4.69) is 0 Å². The Morgan fingerprint density at radius 3 is 2.44 bits per heavy atom. The van der Waals surface area contributed by atoms with Crippen LogP contribution < -0.4 is 4.90 Å². The first-order chi connectivity index (χ1) is 8.65. The van der Waals surface area contributed by atoms with Gasteiger partial charge in [-0.2, -0.15) is 0 Å². The van der Waals surface area contributed by atoms with Crippen LogP contribution in [0.4, 0.5) is 14.5 Å². The Labute approximate surface area is 105 Å². The maximum atomic E-state index is 13.9. The Hall–Kier alpha value is -1.20. The standard InChI is InChI=1S/C13H17F2NO2/c14-11-4-10(8-18)5-12(15)13(11)16-3-1-2-9(6-16)7-17/h4-5,9,17-18H,1-3,6-8H2. The van der Waals surface area contributed by atoms with Gasteiger partial charge in [-0.1, -0.05) is 0 Å². The second-order valence-electron chi connectivity index (χ2n) is 4.70. The number of hydrogen-bond acceptors (Lipinski definition) is 3. The first-order valence-corrected chi connectivity index (χ1v) is 6.10. The van der Waals surface area contributed by atoms with Gasteiger partial charge in [0.2, 0.25) is 0 Å². The van der Waals surface area contributed by atoms with Crippen LogP contribution >= 0.6 is 0 Å². The summed E-state index contributed by atoms with van der Waals surface area (Å²) in [5.74, 6) is -1.25. The molecule has 0 bridgehead atoms. The molecule has 100 valence electrons. The first kappa shape index (κ1) is 13.2. The minimum absolute atomic E-state index is 0.0362. The normalized spacial score (nSPS) is 20.2. The highest BCUT2D eigenvalue weighted by Gasteiger charge is 2.24. The summed E-state index contributed by atoms with van der Waals surface area (Å²) in [7, 11) is 0. The van der Waals surface area contributed by atoms with Gasteiger partial charge >= 0.3 is 0 Å². The van der Waals surface area contributed by atoms with E-state index in [0.29, 0.717) is 13.1 Å². The van der Waals surface area contributed by atoms with Crippen molar-refractivity contribution in [2.45, 2.75) is 19.4 Å². The Morgan fingerprint density at radius 1 is 1.22 bits per heavy atom. The third-order valence-electron chi connectivity index (χ3n) is 3.35. The summed E-state index contributed by atoms with van der Waals surface area (Å²) in [4.78, 5) is 1.64. The van der Waals surface area contributed by atoms with Gasteiger partial charge in [0.15, 0.2) is 0 Å². The van der Waals surface area contributed by atoms with Gasteiger partial charge in [-0.05, 0) is 36.5 Å². The van der Waals surface area contributed by atoms with E-state index in [-0.39, 0.29) is 30.4 Å². The van der Waals surface area contributed by atoms with E-state index in [1.807, 2.05) is 0 Å². The zero-order chi connectivity index (χ0) is 13.1. The van der Waals surface area contributed by atoms with Crippen LogP contribution in [-0.2, 0) is 6.61 Å². The smallest absolute Gasteiger partial charge is 0.149 e. The SMILES string of the molecule is OCc1cc(F)c(N2CCCC(CO)C2)c(F)c1. The first-order valence-electron chi connectivity index (χ1n) is 6.10. The molecule has 2 rings (SSSR count). The molecule has 5 heteroatoms. The van der Waals surface area contributed by atoms with E-state index in [9.17, 15) is 8.78 Å². The number of piperidine rings is 1. The van der Waals surface area contributed by atoms with Gasteiger partial charge < -0.3 is 15.1 Å². The monoisotopic (exact) mass is 257 g/mol. The summed E-state index contributed by atoms with van der Waals surface area (Å²) >= 11 is 0. The van der Waals surface area contributed by atoms with Gasteiger partial charge in [0.1, 0.15) is 17.3 Å². The number of nitrogens with zero attached hydrogens (tertiary/aromatic N) is 1. The van der Waals surface area contributed by atoms with Gasteiger partial charge in [-0.25, -0.2) is 8.78 Å². The lowest BCUT2D eigenvalue weighted by molar-refractivity contribution is 0.208. The van der Waals surface area contributed by atoms with Crippen molar-refractivity contribution in [1.29, 1.82) is 0 Å². The Kier molecular flexibility index (Phi) is 4.14. The molecule has 1 aliphatic heterocycles. The highest BCUT2D eigenvalue weighted by Crippen LogP contribution is 2.29. The molecule has 0 aromatic heterocycles. The van der Waals surface area contributed by atoms with Gasteiger partial charge in [0.05, 0.1) is 6.61 Å². The van der Waals surface area contributed by atoms with E-state index in [1.165, 1.54) is 0 Å². The summed E-state index contributed by atoms with van der Waals surface area (Å²) in [6, 6.07) is 2.31. The van der Waals surface area contributed by atoms with Crippen LogP contribution in [0.5, 0.6) is 0 Å². The number of anilines is 1. The van der Waals surface area contributed by atoms with Gasteiger partial charge in [0.25, 0.3) is 0 Å². The molecule has 1 aromatic rings. The van der Waals surface area contributed by atoms with Crippen molar-refractivity contribution in [3.05, 3.63) is 29.3 Å². The van der Waals surface area contributed by atoms with Crippen molar-refractivity contribution >= 4 is 5.69 Å². The van der Waals surface area contributed by atoms with Crippen LogP contribution in [0.15, 0.2) is 12.1 Å². The predicted molar refractivity (Wildman–Crippen MR) is 64.3 cm³/mol. The van der Waals surface area contributed by atoms with Crippen LogP contribution in [0.3, 0.4) is 0 Å². The molecule has 1 unspecified atom stereocenters. The average molecular weight is 257 g/mol. The van der Waals surface area contributed by atoms with Gasteiger partial charge in [-0.3, -0.25) is 0 Å². The molecule has 0 aliphatic carbocycles. The molecule has 1 saturated heterocycles. The number of benzene rings is 1. The molecule has 0 saturated carbocycles. The molecule has 1 fully saturated rings. The minimum Gasteiger partial charge on any atom is -0.396 e. The van der Waals surface area contributed by atoms with Crippen LogP contribution in [-0.4, -0.2) is 29.9 Å². The third-order valence-corrected chi connectivity index (χ3v) is 3.35. The number of aliphatic hydroxyl groups excluding tert-OH is 2. The molecule has 18 heavy (non-hydrogen) atoms. The summed E-state index contributed by atoms with van der Waals surface area (Å²) in [5, 5.41) is 18.0. The molecule has 0 spiro atoms. The van der Waals surface area contributed by atoms with Gasteiger partial charge in [-0.15, -0.1) is 0 Å². The van der Waals surface area contributed by atoms with Crippen LogP contribution in [0.1, 0.15) is 18.4 Å². The number of hydrogen-bond donors (Lipinski definition) is 2. The van der Waals surface area contributed by atoms with Crippen molar-refractivity contribution in [3.63, 3.8) is 0 Å². The summed E-state index contributed by atoms with van der Waals surface area (Å²) in [6.45, 7) is 0.702. The molecular formula is C13H17F2NO2. The van der Waals surface area contributed by atoms with E-state index < -0.39 is 11.6 Å². The molecule has 2 N–H and O–H groups in total. The average Bonchev–Trinajstić information content (AvgIpc) is 2.38. The number of aliphatic hydroxyl groups is 2. The van der Waals surface area contributed by atoms with Crippen LogP contribution in [0.25, 0.3) is 0 Å². The van der Waals surface area contributed by atoms with Crippen molar-refractivity contribution in [1.82, 2.24) is 0 Å². The molecule has 1 heterocycles. The maximum absolute atomic E-state index is 13.9. The second-order valence-corrected chi connectivity index (χ2v) is 4.70. The van der Waals surface area contributed by atoms with Gasteiger partial charge in [0, 0.05) is 19.7 Å². The van der Waals surface area contributed by atoms with Crippen LogP contribution in [0, 0.1) is 17.6 Å². The second kappa shape index (κ2) is 5.63. The molecular weight excluding hydrogens is 240 g/mol. The van der Waals surface area contributed by atoms with Crippen molar-refractivity contribution in [2.24, 2.45) is 5.92 Å². The lowest BCUT2D eigenvalue weighted by Gasteiger charge is -2.34. The molecule has 3 nitrogen and oxygen atoms in total. The lowest BCUT2D eigenvalue weighted by atomic mass is 9.98. The zero-order valence-corrected chi connectivity index (χ0v) is 10.1. The quantitative estimate of drug-likeness (QED) is 0.865.